The number of methoxy groups -OCH3 is 1. The van der Waals surface area contributed by atoms with Crippen molar-refractivity contribution >= 4 is 50.7 Å². The molecule has 2 amide bonds. The highest BCUT2D eigenvalue weighted by atomic mass is 35.5. The molecule has 8 nitrogen and oxygen atoms in total. The molecule has 1 N–H and O–H groups in total. The van der Waals surface area contributed by atoms with Gasteiger partial charge in [-0.3, -0.25) is 13.9 Å². The van der Waals surface area contributed by atoms with E-state index in [-0.39, 0.29) is 28.2 Å². The third-order valence-corrected chi connectivity index (χ3v) is 6.32. The molecule has 32 heavy (non-hydrogen) atoms. The molecule has 1 atom stereocenters. The smallest absolute Gasteiger partial charge is 0.244 e. The van der Waals surface area contributed by atoms with Crippen LogP contribution in [-0.4, -0.2) is 58.1 Å². The Bertz CT molecular complexity index is 1060. The minimum atomic E-state index is -3.86. The van der Waals surface area contributed by atoms with Crippen LogP contribution in [0.3, 0.4) is 0 Å². The van der Waals surface area contributed by atoms with Gasteiger partial charge in [0.15, 0.2) is 0 Å². The van der Waals surface area contributed by atoms with E-state index in [0.717, 1.165) is 16.1 Å². The molecule has 0 aromatic heterocycles. The summed E-state index contributed by atoms with van der Waals surface area (Å²) < 4.78 is 31.0. The quantitative estimate of drug-likeness (QED) is 0.569. The number of hydrogen-bond donors (Lipinski definition) is 1. The maximum absolute atomic E-state index is 13.3. The fraction of sp³-hybridized carbons (Fsp3) is 0.333. The van der Waals surface area contributed by atoms with Crippen LogP contribution in [0.4, 0.5) is 5.69 Å². The molecule has 11 heteroatoms. The summed E-state index contributed by atoms with van der Waals surface area (Å²) in [6, 6.07) is 10.4. The predicted octanol–water partition coefficient (Wildman–Crippen LogP) is 2.93. The number of nitrogens with zero attached hydrogens (tertiary/aromatic N) is 2. The lowest BCUT2D eigenvalue weighted by molar-refractivity contribution is -0.139. The zero-order valence-electron chi connectivity index (χ0n) is 18.1. The minimum absolute atomic E-state index is 0.0886. The van der Waals surface area contributed by atoms with E-state index in [9.17, 15) is 18.0 Å². The van der Waals surface area contributed by atoms with Crippen LogP contribution in [-0.2, 0) is 26.2 Å². The lowest BCUT2D eigenvalue weighted by Crippen LogP contribution is -2.50. The number of halogens is 2. The van der Waals surface area contributed by atoms with E-state index in [2.05, 4.69) is 5.32 Å². The third kappa shape index (κ3) is 6.75. The van der Waals surface area contributed by atoms with E-state index in [1.54, 1.807) is 38.3 Å². The number of benzene rings is 2. The zero-order valence-corrected chi connectivity index (χ0v) is 20.5. The molecule has 0 aliphatic heterocycles. The molecule has 2 aromatic rings. The number of anilines is 1. The highest BCUT2D eigenvalue weighted by molar-refractivity contribution is 7.92. The molecule has 0 aliphatic carbocycles. The van der Waals surface area contributed by atoms with Crippen LogP contribution in [0.5, 0.6) is 5.75 Å². The van der Waals surface area contributed by atoms with Gasteiger partial charge in [0.2, 0.25) is 21.8 Å². The summed E-state index contributed by atoms with van der Waals surface area (Å²) in [5.74, 6) is -0.311. The number of ether oxygens (including phenoxy) is 1. The molecule has 0 saturated heterocycles. The fourth-order valence-corrected chi connectivity index (χ4v) is 4.36. The molecule has 0 saturated carbocycles. The summed E-state index contributed by atoms with van der Waals surface area (Å²) in [5, 5.41) is 2.96. The number of nitrogens with one attached hydrogen (secondary N) is 1. The SMILES string of the molecule is CNC(=O)[C@@H](C)N(Cc1ccc(OC)cc1)C(=O)CN(c1cc(Cl)cc(Cl)c1)S(C)(=O)=O. The Balaban J connectivity index is 2.39. The first-order valence-corrected chi connectivity index (χ1v) is 12.1. The van der Waals surface area contributed by atoms with Crippen LogP contribution in [0.15, 0.2) is 42.5 Å². The van der Waals surface area contributed by atoms with E-state index in [4.69, 9.17) is 27.9 Å². The van der Waals surface area contributed by atoms with Gasteiger partial charge in [-0.2, -0.15) is 0 Å². The van der Waals surface area contributed by atoms with Gasteiger partial charge in [-0.1, -0.05) is 35.3 Å². The molecule has 174 valence electrons. The van der Waals surface area contributed by atoms with Gasteiger partial charge in [-0.25, -0.2) is 8.42 Å². The Morgan fingerprint density at radius 1 is 1.09 bits per heavy atom. The molecule has 2 rings (SSSR count). The second kappa shape index (κ2) is 10.9. The van der Waals surface area contributed by atoms with Crippen molar-refractivity contribution in [3.63, 3.8) is 0 Å². The predicted molar refractivity (Wildman–Crippen MR) is 126 cm³/mol. The van der Waals surface area contributed by atoms with E-state index in [0.29, 0.717) is 5.75 Å². The molecular formula is C21H25Cl2N3O5S. The summed E-state index contributed by atoms with van der Waals surface area (Å²) in [4.78, 5) is 26.9. The first-order valence-electron chi connectivity index (χ1n) is 9.54. The number of amides is 2. The van der Waals surface area contributed by atoms with E-state index < -0.39 is 28.5 Å². The number of rotatable bonds is 9. The Morgan fingerprint density at radius 3 is 2.12 bits per heavy atom. The van der Waals surface area contributed by atoms with Crippen LogP contribution >= 0.6 is 23.2 Å². The number of hydrogen-bond acceptors (Lipinski definition) is 5. The van der Waals surface area contributed by atoms with Gasteiger partial charge < -0.3 is 15.0 Å². The van der Waals surface area contributed by atoms with Crippen molar-refractivity contribution < 1.29 is 22.7 Å². The molecule has 2 aromatic carbocycles. The number of sulfonamides is 1. The first kappa shape index (κ1) is 25.8. The van der Waals surface area contributed by atoms with Crippen LogP contribution in [0.2, 0.25) is 10.0 Å². The van der Waals surface area contributed by atoms with Crippen molar-refractivity contribution in [3.05, 3.63) is 58.1 Å². The van der Waals surface area contributed by atoms with Gasteiger partial charge in [-0.05, 0) is 42.8 Å². The third-order valence-electron chi connectivity index (χ3n) is 4.74. The highest BCUT2D eigenvalue weighted by Crippen LogP contribution is 2.27. The van der Waals surface area contributed by atoms with Gasteiger partial charge in [0.25, 0.3) is 0 Å². The average molecular weight is 502 g/mol. The highest BCUT2D eigenvalue weighted by Gasteiger charge is 2.30. The summed E-state index contributed by atoms with van der Waals surface area (Å²) in [7, 11) is -0.856. The Kier molecular flexibility index (Phi) is 8.77. The van der Waals surface area contributed by atoms with Gasteiger partial charge in [0, 0.05) is 23.6 Å². The van der Waals surface area contributed by atoms with E-state index in [1.807, 2.05) is 0 Å². The van der Waals surface area contributed by atoms with Crippen molar-refractivity contribution in [3.8, 4) is 5.75 Å². The van der Waals surface area contributed by atoms with Crippen LogP contribution in [0, 0.1) is 0 Å². The van der Waals surface area contributed by atoms with Gasteiger partial charge >= 0.3 is 0 Å². The zero-order chi connectivity index (χ0) is 24.1. The molecule has 0 unspecified atom stereocenters. The van der Waals surface area contributed by atoms with E-state index >= 15 is 0 Å². The lowest BCUT2D eigenvalue weighted by atomic mass is 10.1. The number of likely N-dealkylation sites (N-methyl/N-ethyl adjacent to an activating group) is 1. The normalized spacial score (nSPS) is 12.1. The summed E-state index contributed by atoms with van der Waals surface area (Å²) in [5.41, 5.74) is 0.891. The standard InChI is InChI=1S/C21H25Cl2N3O5S/c1-14(21(28)24-2)25(12-15-5-7-19(31-3)8-6-15)20(27)13-26(32(4,29)30)18-10-16(22)9-17(23)11-18/h5-11,14H,12-13H2,1-4H3,(H,24,28)/t14-/m1/s1. The first-order chi connectivity index (χ1) is 15.0. The topological polar surface area (TPSA) is 96.0 Å². The van der Waals surface area contributed by atoms with E-state index in [1.165, 1.54) is 30.1 Å². The maximum atomic E-state index is 13.3. The summed E-state index contributed by atoms with van der Waals surface area (Å²) in [6.45, 7) is 1.12. The molecule has 0 spiro atoms. The van der Waals surface area contributed by atoms with Gasteiger partial charge in [0.05, 0.1) is 19.1 Å². The fourth-order valence-electron chi connectivity index (χ4n) is 3.02. The van der Waals surface area contributed by atoms with Crippen LogP contribution < -0.4 is 14.4 Å². The second-order valence-electron chi connectivity index (χ2n) is 7.06. The largest absolute Gasteiger partial charge is 0.497 e. The van der Waals surface area contributed by atoms with Crippen molar-refractivity contribution in [2.75, 3.05) is 31.3 Å². The number of carbonyl (C=O) groups is 2. The van der Waals surface area contributed by atoms with Crippen molar-refractivity contribution in [2.24, 2.45) is 0 Å². The molecule has 0 radical (unpaired) electrons. The molecule has 0 heterocycles. The molecule has 0 fully saturated rings. The molecular weight excluding hydrogens is 477 g/mol. The van der Waals surface area contributed by atoms with Crippen LogP contribution in [0.25, 0.3) is 0 Å². The minimum Gasteiger partial charge on any atom is -0.497 e. The lowest BCUT2D eigenvalue weighted by Gasteiger charge is -2.31. The Morgan fingerprint density at radius 2 is 1.66 bits per heavy atom. The summed E-state index contributed by atoms with van der Waals surface area (Å²) >= 11 is 12.0. The van der Waals surface area contributed by atoms with Crippen molar-refractivity contribution in [2.45, 2.75) is 19.5 Å². The average Bonchev–Trinajstić information content (AvgIpc) is 2.73. The molecule has 0 aliphatic rings. The second-order valence-corrected chi connectivity index (χ2v) is 9.84. The van der Waals surface area contributed by atoms with Crippen LogP contribution in [0.1, 0.15) is 12.5 Å². The summed E-state index contributed by atoms with van der Waals surface area (Å²) in [6.07, 6.45) is 0.977. The number of carbonyl (C=O) groups excluding carboxylic acids is 2. The molecule has 0 bridgehead atoms. The van der Waals surface area contributed by atoms with Gasteiger partial charge in [-0.15, -0.1) is 0 Å². The van der Waals surface area contributed by atoms with Crippen molar-refractivity contribution in [1.29, 1.82) is 0 Å². The Hall–Kier alpha value is -2.49. The van der Waals surface area contributed by atoms with Crippen molar-refractivity contribution in [1.82, 2.24) is 10.2 Å². The Labute approximate surface area is 198 Å². The monoisotopic (exact) mass is 501 g/mol. The maximum Gasteiger partial charge on any atom is 0.244 e. The van der Waals surface area contributed by atoms with Gasteiger partial charge in [0.1, 0.15) is 18.3 Å².